The second-order valence-electron chi connectivity index (χ2n) is 5.74. The Morgan fingerprint density at radius 3 is 2.62 bits per heavy atom. The fraction of sp³-hybridized carbons (Fsp3) is 0.923. The van der Waals surface area contributed by atoms with Gasteiger partial charge in [-0.2, -0.15) is 0 Å². The molecule has 1 aliphatic heterocycles. The van der Waals surface area contributed by atoms with Crippen molar-refractivity contribution in [3.8, 4) is 0 Å². The summed E-state index contributed by atoms with van der Waals surface area (Å²) in [5, 5.41) is 0. The van der Waals surface area contributed by atoms with E-state index in [1.807, 2.05) is 4.90 Å². The first-order chi connectivity index (χ1) is 7.65. The third-order valence-corrected chi connectivity index (χ3v) is 3.59. The van der Waals surface area contributed by atoms with Crippen LogP contribution >= 0.6 is 0 Å². The third-order valence-electron chi connectivity index (χ3n) is 3.59. The fourth-order valence-electron chi connectivity index (χ4n) is 2.23. The van der Waals surface area contributed by atoms with Gasteiger partial charge in [-0.05, 0) is 31.1 Å². The standard InChI is InChI=1S/C13H24N2O/c1-11(2)5-6-15-8-7-14(10-13(15)16)9-12-3-4-12/h11-12H,3-10H2,1-2H3. The summed E-state index contributed by atoms with van der Waals surface area (Å²) in [4.78, 5) is 16.3. The number of rotatable bonds is 5. The first kappa shape index (κ1) is 11.9. The second-order valence-corrected chi connectivity index (χ2v) is 5.74. The van der Waals surface area contributed by atoms with Crippen LogP contribution < -0.4 is 0 Å². The van der Waals surface area contributed by atoms with Gasteiger partial charge < -0.3 is 4.90 Å². The van der Waals surface area contributed by atoms with Crippen LogP contribution in [0.1, 0.15) is 33.1 Å². The number of hydrogen-bond donors (Lipinski definition) is 0. The van der Waals surface area contributed by atoms with E-state index in [0.29, 0.717) is 18.4 Å². The van der Waals surface area contributed by atoms with Crippen molar-refractivity contribution in [2.45, 2.75) is 33.1 Å². The van der Waals surface area contributed by atoms with Crippen LogP contribution in [-0.4, -0.2) is 48.4 Å². The molecule has 92 valence electrons. The van der Waals surface area contributed by atoms with Crippen LogP contribution in [0.3, 0.4) is 0 Å². The van der Waals surface area contributed by atoms with E-state index in [-0.39, 0.29) is 0 Å². The molecule has 2 aliphatic rings. The molecule has 0 aromatic carbocycles. The summed E-state index contributed by atoms with van der Waals surface area (Å²) < 4.78 is 0. The molecule has 1 heterocycles. The Labute approximate surface area is 98.8 Å². The van der Waals surface area contributed by atoms with Gasteiger partial charge >= 0.3 is 0 Å². The number of carbonyl (C=O) groups excluding carboxylic acids is 1. The molecule has 2 fully saturated rings. The van der Waals surface area contributed by atoms with Crippen molar-refractivity contribution in [1.29, 1.82) is 0 Å². The lowest BCUT2D eigenvalue weighted by Crippen LogP contribution is -2.51. The monoisotopic (exact) mass is 224 g/mol. The normalized spacial score (nSPS) is 23.2. The van der Waals surface area contributed by atoms with Crippen LogP contribution in [0.15, 0.2) is 0 Å². The van der Waals surface area contributed by atoms with Gasteiger partial charge in [0.15, 0.2) is 0 Å². The number of hydrogen-bond acceptors (Lipinski definition) is 2. The molecule has 0 N–H and O–H groups in total. The zero-order valence-corrected chi connectivity index (χ0v) is 10.6. The van der Waals surface area contributed by atoms with E-state index in [9.17, 15) is 4.79 Å². The van der Waals surface area contributed by atoms with Gasteiger partial charge in [0, 0.05) is 26.2 Å². The maximum atomic E-state index is 11.9. The molecule has 0 radical (unpaired) electrons. The van der Waals surface area contributed by atoms with Crippen LogP contribution in [0.25, 0.3) is 0 Å². The molecule has 0 unspecified atom stereocenters. The molecule has 3 heteroatoms. The van der Waals surface area contributed by atoms with E-state index in [1.165, 1.54) is 12.8 Å². The molecule has 0 aromatic heterocycles. The lowest BCUT2D eigenvalue weighted by molar-refractivity contribution is -0.136. The highest BCUT2D eigenvalue weighted by Gasteiger charge is 2.29. The smallest absolute Gasteiger partial charge is 0.236 e. The van der Waals surface area contributed by atoms with Gasteiger partial charge in [-0.25, -0.2) is 0 Å². The molecule has 1 saturated carbocycles. The molecule has 16 heavy (non-hydrogen) atoms. The number of nitrogens with zero attached hydrogens (tertiary/aromatic N) is 2. The molecule has 1 amide bonds. The van der Waals surface area contributed by atoms with Crippen molar-refractivity contribution in [1.82, 2.24) is 9.80 Å². The third kappa shape index (κ3) is 3.48. The topological polar surface area (TPSA) is 23.6 Å². The van der Waals surface area contributed by atoms with Crippen LogP contribution in [0.4, 0.5) is 0 Å². The van der Waals surface area contributed by atoms with Crippen molar-refractivity contribution in [3.05, 3.63) is 0 Å². The molecular formula is C13H24N2O. The van der Waals surface area contributed by atoms with E-state index < -0.39 is 0 Å². The number of piperazine rings is 1. The van der Waals surface area contributed by atoms with Crippen molar-refractivity contribution >= 4 is 5.91 Å². The van der Waals surface area contributed by atoms with Gasteiger partial charge in [0.2, 0.25) is 5.91 Å². The maximum Gasteiger partial charge on any atom is 0.236 e. The summed E-state index contributed by atoms with van der Waals surface area (Å²) >= 11 is 0. The Bertz CT molecular complexity index is 248. The highest BCUT2D eigenvalue weighted by molar-refractivity contribution is 5.79. The summed E-state index contributed by atoms with van der Waals surface area (Å²) in [6, 6.07) is 0. The predicted molar refractivity (Wildman–Crippen MR) is 65.2 cm³/mol. The second kappa shape index (κ2) is 5.17. The average Bonchev–Trinajstić information content (AvgIpc) is 3.00. The maximum absolute atomic E-state index is 11.9. The fourth-order valence-corrected chi connectivity index (χ4v) is 2.23. The van der Waals surface area contributed by atoms with Crippen molar-refractivity contribution < 1.29 is 4.79 Å². The zero-order chi connectivity index (χ0) is 11.5. The highest BCUT2D eigenvalue weighted by Crippen LogP contribution is 2.30. The van der Waals surface area contributed by atoms with Crippen molar-refractivity contribution in [3.63, 3.8) is 0 Å². The minimum absolute atomic E-state index is 0.340. The first-order valence-corrected chi connectivity index (χ1v) is 6.65. The van der Waals surface area contributed by atoms with E-state index in [0.717, 1.165) is 38.5 Å². The van der Waals surface area contributed by atoms with Gasteiger partial charge in [-0.1, -0.05) is 13.8 Å². The molecule has 0 atom stereocenters. The van der Waals surface area contributed by atoms with Crippen LogP contribution in [0.2, 0.25) is 0 Å². The average molecular weight is 224 g/mol. The predicted octanol–water partition coefficient (Wildman–Crippen LogP) is 1.59. The summed E-state index contributed by atoms with van der Waals surface area (Å²) in [6.45, 7) is 9.23. The van der Waals surface area contributed by atoms with Crippen LogP contribution in [0.5, 0.6) is 0 Å². The summed E-state index contributed by atoms with van der Waals surface area (Å²) in [6.07, 6.45) is 3.89. The van der Waals surface area contributed by atoms with E-state index >= 15 is 0 Å². The van der Waals surface area contributed by atoms with E-state index in [1.54, 1.807) is 0 Å². The molecule has 0 bridgehead atoms. The SMILES string of the molecule is CC(C)CCN1CCN(CC2CC2)CC1=O. The molecular weight excluding hydrogens is 200 g/mol. The Balaban J connectivity index is 1.71. The van der Waals surface area contributed by atoms with Crippen molar-refractivity contribution in [2.24, 2.45) is 11.8 Å². The Kier molecular flexibility index (Phi) is 3.85. The molecule has 3 nitrogen and oxygen atoms in total. The molecule has 2 rings (SSSR count). The first-order valence-electron chi connectivity index (χ1n) is 6.65. The van der Waals surface area contributed by atoms with Gasteiger partial charge in [0.1, 0.15) is 0 Å². The minimum Gasteiger partial charge on any atom is -0.340 e. The number of carbonyl (C=O) groups is 1. The van der Waals surface area contributed by atoms with Gasteiger partial charge in [-0.3, -0.25) is 9.69 Å². The number of amides is 1. The Morgan fingerprint density at radius 2 is 2.06 bits per heavy atom. The molecule has 1 saturated heterocycles. The molecule has 0 aromatic rings. The van der Waals surface area contributed by atoms with Gasteiger partial charge in [-0.15, -0.1) is 0 Å². The molecule has 0 spiro atoms. The Hall–Kier alpha value is -0.570. The highest BCUT2D eigenvalue weighted by atomic mass is 16.2. The van der Waals surface area contributed by atoms with Crippen LogP contribution in [0, 0.1) is 11.8 Å². The van der Waals surface area contributed by atoms with E-state index in [4.69, 9.17) is 0 Å². The van der Waals surface area contributed by atoms with E-state index in [2.05, 4.69) is 18.7 Å². The summed E-state index contributed by atoms with van der Waals surface area (Å²) in [5.41, 5.74) is 0. The summed E-state index contributed by atoms with van der Waals surface area (Å²) in [5.74, 6) is 1.93. The zero-order valence-electron chi connectivity index (χ0n) is 10.6. The van der Waals surface area contributed by atoms with Gasteiger partial charge in [0.25, 0.3) is 0 Å². The van der Waals surface area contributed by atoms with Gasteiger partial charge in [0.05, 0.1) is 6.54 Å². The minimum atomic E-state index is 0.340. The van der Waals surface area contributed by atoms with Crippen molar-refractivity contribution in [2.75, 3.05) is 32.7 Å². The quantitative estimate of drug-likeness (QED) is 0.708. The summed E-state index contributed by atoms with van der Waals surface area (Å²) in [7, 11) is 0. The molecule has 1 aliphatic carbocycles. The Morgan fingerprint density at radius 1 is 1.31 bits per heavy atom. The lowest BCUT2D eigenvalue weighted by Gasteiger charge is -2.34. The van der Waals surface area contributed by atoms with Crippen LogP contribution in [-0.2, 0) is 4.79 Å². The lowest BCUT2D eigenvalue weighted by atomic mass is 10.1. The largest absolute Gasteiger partial charge is 0.340 e.